The molecular weight excluding hydrogens is 676 g/mol. The van der Waals surface area contributed by atoms with Crippen molar-refractivity contribution in [3.05, 3.63) is 83.5 Å². The van der Waals surface area contributed by atoms with Crippen LogP contribution in [0.15, 0.2) is 71.9 Å². The van der Waals surface area contributed by atoms with E-state index < -0.39 is 23.8 Å². The van der Waals surface area contributed by atoms with Crippen molar-refractivity contribution in [1.82, 2.24) is 10.2 Å². The van der Waals surface area contributed by atoms with Crippen LogP contribution < -0.4 is 14.8 Å². The second-order valence-corrected chi connectivity index (χ2v) is 13.7. The Bertz CT molecular complexity index is 1700. The third-order valence-corrected chi connectivity index (χ3v) is 10.5. The number of hydrogen-bond acceptors (Lipinski definition) is 10. The zero-order valence-corrected chi connectivity index (χ0v) is 31.0. The summed E-state index contributed by atoms with van der Waals surface area (Å²) >= 11 is 0. The maximum atomic E-state index is 14.3. The van der Waals surface area contributed by atoms with Crippen LogP contribution in [0.4, 0.5) is 4.79 Å². The lowest BCUT2D eigenvalue weighted by Gasteiger charge is -2.59. The van der Waals surface area contributed by atoms with Gasteiger partial charge in [-0.15, -0.1) is 6.58 Å². The molecule has 53 heavy (non-hydrogen) atoms. The van der Waals surface area contributed by atoms with E-state index in [2.05, 4.69) is 29.2 Å². The Morgan fingerprint density at radius 1 is 1.11 bits per heavy atom. The van der Waals surface area contributed by atoms with Crippen molar-refractivity contribution >= 4 is 17.7 Å². The summed E-state index contributed by atoms with van der Waals surface area (Å²) in [6.45, 7) is 8.69. The van der Waals surface area contributed by atoms with E-state index in [0.29, 0.717) is 54.3 Å². The zero-order valence-electron chi connectivity index (χ0n) is 31.0. The smallest absolute Gasteiger partial charge is 0.412 e. The van der Waals surface area contributed by atoms with Crippen LogP contribution in [0.1, 0.15) is 86.2 Å². The van der Waals surface area contributed by atoms with E-state index >= 15 is 0 Å². The lowest BCUT2D eigenvalue weighted by atomic mass is 9.55. The Kier molecular flexibility index (Phi) is 13.7. The number of aliphatic hydroxyl groups excluding tert-OH is 2. The Labute approximate surface area is 312 Å². The molecule has 0 bridgehead atoms. The molecule has 1 saturated carbocycles. The first kappa shape index (κ1) is 39.5. The number of hydrogen-bond donors (Lipinski definition) is 3. The Morgan fingerprint density at radius 2 is 1.85 bits per heavy atom. The first-order valence-electron chi connectivity index (χ1n) is 18.7. The molecular formula is C41H52N4O8. The fourth-order valence-electron chi connectivity index (χ4n) is 8.25. The summed E-state index contributed by atoms with van der Waals surface area (Å²) in [5.74, 6) is -1.43. The Hall–Kier alpha value is -4.70. The molecule has 2 amide bonds. The number of carbonyl (C=O) groups is 2. The van der Waals surface area contributed by atoms with Crippen LogP contribution in [0.5, 0.6) is 11.5 Å². The van der Waals surface area contributed by atoms with Crippen LogP contribution in [-0.4, -0.2) is 84.7 Å². The first-order valence-corrected chi connectivity index (χ1v) is 18.7. The summed E-state index contributed by atoms with van der Waals surface area (Å²) in [5, 5.41) is 36.3. The molecule has 1 fully saturated rings. The molecule has 1 aliphatic heterocycles. The summed E-state index contributed by atoms with van der Waals surface area (Å²) in [4.78, 5) is 34.3. The molecule has 0 radical (unpaired) electrons. The minimum absolute atomic E-state index is 0.0229. The van der Waals surface area contributed by atoms with Crippen molar-refractivity contribution in [3.8, 4) is 17.6 Å². The van der Waals surface area contributed by atoms with E-state index in [-0.39, 0.29) is 49.9 Å². The molecule has 2 aromatic rings. The van der Waals surface area contributed by atoms with Gasteiger partial charge in [0, 0.05) is 50.3 Å². The molecule has 1 heterocycles. The topological polar surface area (TPSA) is 163 Å². The molecule has 12 nitrogen and oxygen atoms in total. The second-order valence-electron chi connectivity index (χ2n) is 13.7. The van der Waals surface area contributed by atoms with Crippen molar-refractivity contribution < 1.29 is 38.9 Å². The van der Waals surface area contributed by atoms with Gasteiger partial charge in [-0.05, 0) is 99.4 Å². The number of aliphatic hydroxyl groups is 2. The molecule has 12 heteroatoms. The Balaban J connectivity index is 1.75. The fraction of sp³-hybridized carbons (Fsp3) is 0.512. The molecule has 6 atom stereocenters. The second kappa shape index (κ2) is 18.4. The van der Waals surface area contributed by atoms with Crippen LogP contribution in [0.2, 0.25) is 0 Å². The summed E-state index contributed by atoms with van der Waals surface area (Å²) < 4.78 is 19.7. The van der Waals surface area contributed by atoms with E-state index in [1.807, 2.05) is 19.9 Å². The SMILES string of the molecule is C=CCO[C@@]12Oc3ccc(OC(=O)NCC)cc3[C@H]3[C@H](CCCCO)[C@@H](CCCCO)C=C(C(=NOCC)C[C@@H]1N(C)C(=O)c1ccc(C#N)cc1)[C@H]32. The van der Waals surface area contributed by atoms with Gasteiger partial charge in [-0.25, -0.2) is 4.79 Å². The van der Waals surface area contributed by atoms with Crippen molar-refractivity contribution in [1.29, 1.82) is 5.26 Å². The largest absolute Gasteiger partial charge is 0.459 e. The third kappa shape index (κ3) is 8.43. The lowest BCUT2D eigenvalue weighted by Crippen LogP contribution is -2.69. The summed E-state index contributed by atoms with van der Waals surface area (Å²) in [7, 11) is 1.73. The molecule has 0 aromatic heterocycles. The van der Waals surface area contributed by atoms with Crippen LogP contribution >= 0.6 is 0 Å². The molecule has 284 valence electrons. The summed E-state index contributed by atoms with van der Waals surface area (Å²) in [6, 6.07) is 13.3. The summed E-state index contributed by atoms with van der Waals surface area (Å²) in [5.41, 5.74) is 3.30. The van der Waals surface area contributed by atoms with Crippen LogP contribution in [-0.2, 0) is 9.57 Å². The van der Waals surface area contributed by atoms with Gasteiger partial charge in [0.15, 0.2) is 0 Å². The van der Waals surface area contributed by atoms with Crippen molar-refractivity contribution in [2.24, 2.45) is 22.9 Å². The number of nitrogens with one attached hydrogen (secondary N) is 1. The van der Waals surface area contributed by atoms with Gasteiger partial charge in [-0.1, -0.05) is 30.1 Å². The number of benzene rings is 2. The molecule has 0 unspecified atom stereocenters. The number of carbonyl (C=O) groups excluding carboxylic acids is 2. The van der Waals surface area contributed by atoms with Crippen molar-refractivity contribution in [2.75, 3.05) is 40.0 Å². The zero-order chi connectivity index (χ0) is 38.0. The standard InChI is InChI=1S/C41H52N4O8/c1-5-22-50-41-36(45(4)39(48)28-16-14-27(26-42)15-17-28)25-34(44-51-7-3)32-23-29(12-8-10-20-46)31(13-9-11-21-47)37(38(32)41)33-24-30(18-19-35(33)53-41)52-40(49)43-6-2/h5,14-19,23-24,29,31,36-38,46-47H,1,6-13,20-22,25H2,2-4H3,(H,43,49)/t29-,31+,36-,37+,38+,41+/m0/s1. The first-order chi connectivity index (χ1) is 25.8. The maximum Gasteiger partial charge on any atom is 0.412 e. The lowest BCUT2D eigenvalue weighted by molar-refractivity contribution is -0.252. The fourth-order valence-corrected chi connectivity index (χ4v) is 8.25. The van der Waals surface area contributed by atoms with Crippen molar-refractivity contribution in [3.63, 3.8) is 0 Å². The van der Waals surface area contributed by atoms with Gasteiger partial charge >= 0.3 is 6.09 Å². The maximum absolute atomic E-state index is 14.3. The number of unbranched alkanes of at least 4 members (excludes halogenated alkanes) is 2. The van der Waals surface area contributed by atoms with Crippen LogP contribution in [0.25, 0.3) is 0 Å². The average molecular weight is 729 g/mol. The predicted molar refractivity (Wildman–Crippen MR) is 200 cm³/mol. The normalized spacial score (nSPS) is 24.8. The number of nitriles is 1. The number of fused-ring (bicyclic) bond motifs is 2. The number of amides is 2. The average Bonchev–Trinajstić information content (AvgIpc) is 3.17. The highest BCUT2D eigenvalue weighted by Crippen LogP contribution is 2.61. The number of ether oxygens (including phenoxy) is 3. The van der Waals surface area contributed by atoms with Gasteiger partial charge in [0.05, 0.1) is 29.9 Å². The highest BCUT2D eigenvalue weighted by Gasteiger charge is 2.65. The molecule has 0 spiro atoms. The monoisotopic (exact) mass is 728 g/mol. The van der Waals surface area contributed by atoms with Crippen LogP contribution in [0, 0.1) is 29.1 Å². The van der Waals surface area contributed by atoms with E-state index in [9.17, 15) is 25.1 Å². The van der Waals surface area contributed by atoms with Gasteiger partial charge in [-0.3, -0.25) is 4.79 Å². The summed E-state index contributed by atoms with van der Waals surface area (Å²) in [6.07, 6.45) is 8.10. The molecule has 2 aromatic carbocycles. The number of oxime groups is 1. The quantitative estimate of drug-likeness (QED) is 0.0994. The number of rotatable bonds is 17. The van der Waals surface area contributed by atoms with Gasteiger partial charge in [0.2, 0.25) is 5.79 Å². The minimum atomic E-state index is -1.41. The van der Waals surface area contributed by atoms with Crippen LogP contribution in [0.3, 0.4) is 0 Å². The molecule has 2 aliphatic carbocycles. The predicted octanol–water partition coefficient (Wildman–Crippen LogP) is 6.09. The molecule has 5 rings (SSSR count). The number of likely N-dealkylation sites (N-methyl/N-ethyl adjacent to an activating group) is 1. The van der Waals surface area contributed by atoms with E-state index in [1.165, 1.54) is 0 Å². The Morgan fingerprint density at radius 3 is 2.51 bits per heavy atom. The van der Waals surface area contributed by atoms with Gasteiger partial charge in [-0.2, -0.15) is 5.26 Å². The van der Waals surface area contributed by atoms with Crippen molar-refractivity contribution in [2.45, 2.75) is 76.5 Å². The van der Waals surface area contributed by atoms with Gasteiger partial charge in [0.25, 0.3) is 5.91 Å². The highest BCUT2D eigenvalue weighted by molar-refractivity contribution is 6.03. The van der Waals surface area contributed by atoms with E-state index in [4.69, 9.17) is 19.0 Å². The number of nitrogens with zero attached hydrogens (tertiary/aromatic N) is 3. The molecule has 3 aliphatic rings. The van der Waals surface area contributed by atoms with Gasteiger partial charge in [0.1, 0.15) is 24.1 Å². The molecule has 0 saturated heterocycles. The minimum Gasteiger partial charge on any atom is -0.459 e. The third-order valence-electron chi connectivity index (χ3n) is 10.5. The van der Waals surface area contributed by atoms with E-state index in [0.717, 1.165) is 36.8 Å². The van der Waals surface area contributed by atoms with Gasteiger partial charge < -0.3 is 39.5 Å². The highest BCUT2D eigenvalue weighted by atomic mass is 16.7. The van der Waals surface area contributed by atoms with E-state index in [1.54, 1.807) is 54.4 Å². The number of allylic oxidation sites excluding steroid dienone is 1. The molecule has 3 N–H and O–H groups in total.